The number of para-hydroxylation sites is 1. The number of hydrogen-bond donors (Lipinski definition) is 1. The van der Waals surface area contributed by atoms with Gasteiger partial charge in [-0.15, -0.1) is 0 Å². The quantitative estimate of drug-likeness (QED) is 0.942. The molecule has 0 radical (unpaired) electrons. The molecule has 0 amide bonds. The monoisotopic (exact) mass is 309 g/mol. The average Bonchev–Trinajstić information content (AvgIpc) is 2.70. The van der Waals surface area contributed by atoms with Gasteiger partial charge in [-0.2, -0.15) is 5.10 Å². The first kappa shape index (κ1) is 13.0. The zero-order chi connectivity index (χ0) is 13.1. The second kappa shape index (κ2) is 5.44. The van der Waals surface area contributed by atoms with E-state index < -0.39 is 0 Å². The lowest BCUT2D eigenvalue weighted by atomic mass is 10.3. The first-order chi connectivity index (χ1) is 8.58. The van der Waals surface area contributed by atoms with Crippen molar-refractivity contribution in [2.24, 2.45) is 0 Å². The summed E-state index contributed by atoms with van der Waals surface area (Å²) in [7, 11) is 0. The molecule has 0 aliphatic rings. The number of halogens is 1. The van der Waals surface area contributed by atoms with Crippen LogP contribution in [0.25, 0.3) is 0 Å². The van der Waals surface area contributed by atoms with Gasteiger partial charge < -0.3 is 10.5 Å². The molecular formula is C13H16BrN3O. The molecule has 18 heavy (non-hydrogen) atoms. The fourth-order valence-electron chi connectivity index (χ4n) is 1.72. The lowest BCUT2D eigenvalue weighted by molar-refractivity contribution is 0.286. The maximum atomic E-state index is 5.76. The molecule has 0 unspecified atom stereocenters. The molecule has 0 spiro atoms. The molecule has 0 aliphatic carbocycles. The molecule has 1 heterocycles. The second-order valence-corrected chi connectivity index (χ2v) is 5.17. The van der Waals surface area contributed by atoms with E-state index in [9.17, 15) is 0 Å². The topological polar surface area (TPSA) is 53.1 Å². The molecule has 2 N–H and O–H groups in total. The summed E-state index contributed by atoms with van der Waals surface area (Å²) >= 11 is 3.45. The van der Waals surface area contributed by atoms with E-state index in [-0.39, 0.29) is 6.04 Å². The van der Waals surface area contributed by atoms with Crippen LogP contribution >= 0.6 is 15.9 Å². The number of nitrogens with two attached hydrogens (primary N) is 1. The van der Waals surface area contributed by atoms with E-state index in [2.05, 4.69) is 34.9 Å². The van der Waals surface area contributed by atoms with E-state index in [4.69, 9.17) is 10.5 Å². The molecule has 0 saturated carbocycles. The van der Waals surface area contributed by atoms with Gasteiger partial charge in [-0.05, 0) is 41.9 Å². The minimum absolute atomic E-state index is 0.264. The van der Waals surface area contributed by atoms with Crippen LogP contribution in [-0.4, -0.2) is 9.78 Å². The molecule has 0 saturated heterocycles. The van der Waals surface area contributed by atoms with Gasteiger partial charge >= 0.3 is 0 Å². The lowest BCUT2D eigenvalue weighted by Gasteiger charge is -2.12. The number of benzene rings is 1. The van der Waals surface area contributed by atoms with Crippen LogP contribution in [0.2, 0.25) is 0 Å². The Morgan fingerprint density at radius 3 is 2.78 bits per heavy atom. The van der Waals surface area contributed by atoms with Gasteiger partial charge in [0.1, 0.15) is 18.2 Å². The highest BCUT2D eigenvalue weighted by Crippen LogP contribution is 2.25. The van der Waals surface area contributed by atoms with Gasteiger partial charge in [0.05, 0.1) is 10.2 Å². The maximum absolute atomic E-state index is 5.76. The number of anilines is 1. The molecule has 2 aromatic rings. The molecule has 96 valence electrons. The summed E-state index contributed by atoms with van der Waals surface area (Å²) in [4.78, 5) is 0. The van der Waals surface area contributed by atoms with Gasteiger partial charge in [-0.25, -0.2) is 0 Å². The van der Waals surface area contributed by atoms with Crippen LogP contribution in [0.15, 0.2) is 34.8 Å². The van der Waals surface area contributed by atoms with Crippen LogP contribution < -0.4 is 10.5 Å². The predicted molar refractivity (Wildman–Crippen MR) is 75.5 cm³/mol. The summed E-state index contributed by atoms with van der Waals surface area (Å²) in [6.07, 6.45) is 0. The molecule has 1 aromatic heterocycles. The Bertz CT molecular complexity index is 537. The summed E-state index contributed by atoms with van der Waals surface area (Å²) < 4.78 is 8.58. The van der Waals surface area contributed by atoms with E-state index >= 15 is 0 Å². The van der Waals surface area contributed by atoms with E-state index in [1.807, 2.05) is 35.0 Å². The Morgan fingerprint density at radius 1 is 1.39 bits per heavy atom. The molecule has 1 aromatic carbocycles. The maximum Gasteiger partial charge on any atom is 0.145 e. The number of nitrogens with zero attached hydrogens (tertiary/aromatic N) is 2. The van der Waals surface area contributed by atoms with E-state index in [0.717, 1.165) is 15.9 Å². The minimum Gasteiger partial charge on any atom is -0.486 e. The lowest BCUT2D eigenvalue weighted by Crippen LogP contribution is -2.10. The fourth-order valence-corrected chi connectivity index (χ4v) is 2.12. The smallest absolute Gasteiger partial charge is 0.145 e. The van der Waals surface area contributed by atoms with Crippen molar-refractivity contribution in [3.05, 3.63) is 40.5 Å². The summed E-state index contributed by atoms with van der Waals surface area (Å²) in [6, 6.07) is 9.87. The van der Waals surface area contributed by atoms with Crippen molar-refractivity contribution in [2.45, 2.75) is 26.5 Å². The third-order valence-electron chi connectivity index (χ3n) is 2.53. The first-order valence-corrected chi connectivity index (χ1v) is 6.58. The van der Waals surface area contributed by atoms with Gasteiger partial charge in [0, 0.05) is 12.1 Å². The Kier molecular flexibility index (Phi) is 3.91. The molecule has 0 atom stereocenters. The van der Waals surface area contributed by atoms with Crippen LogP contribution in [0.1, 0.15) is 25.6 Å². The largest absolute Gasteiger partial charge is 0.486 e. The van der Waals surface area contributed by atoms with Crippen molar-refractivity contribution in [3.8, 4) is 5.75 Å². The van der Waals surface area contributed by atoms with Gasteiger partial charge in [-0.3, -0.25) is 4.68 Å². The highest BCUT2D eigenvalue weighted by Gasteiger charge is 2.10. The highest BCUT2D eigenvalue weighted by molar-refractivity contribution is 9.10. The van der Waals surface area contributed by atoms with Crippen molar-refractivity contribution < 1.29 is 4.74 Å². The predicted octanol–water partition coefficient (Wildman–Crippen LogP) is 3.39. The summed E-state index contributed by atoms with van der Waals surface area (Å²) in [5.41, 5.74) is 6.69. The van der Waals surface area contributed by atoms with Gasteiger partial charge in [0.15, 0.2) is 0 Å². The zero-order valence-corrected chi connectivity index (χ0v) is 12.0. The van der Waals surface area contributed by atoms with Crippen LogP contribution in [0.5, 0.6) is 5.75 Å². The summed E-state index contributed by atoms with van der Waals surface area (Å²) in [6.45, 7) is 4.58. The fraction of sp³-hybridized carbons (Fsp3) is 0.308. The van der Waals surface area contributed by atoms with Crippen LogP contribution in [0, 0.1) is 0 Å². The molecule has 4 nitrogen and oxygen atoms in total. The van der Waals surface area contributed by atoms with Gasteiger partial charge in [-0.1, -0.05) is 12.1 Å². The normalized spacial score (nSPS) is 10.9. The minimum atomic E-state index is 0.264. The van der Waals surface area contributed by atoms with Gasteiger partial charge in [0.25, 0.3) is 0 Å². The standard InChI is InChI=1S/C13H16BrN3O/c1-9(2)17-10(7-13(15)16-17)8-18-12-6-4-3-5-11(12)14/h3-7,9H,8H2,1-2H3,(H2,15,16). The third-order valence-corrected chi connectivity index (χ3v) is 3.19. The third kappa shape index (κ3) is 2.85. The Labute approximate surface area is 115 Å². The number of rotatable bonds is 4. The number of hydrogen-bond acceptors (Lipinski definition) is 3. The van der Waals surface area contributed by atoms with Gasteiger partial charge in [0.2, 0.25) is 0 Å². The van der Waals surface area contributed by atoms with Crippen LogP contribution in [0.3, 0.4) is 0 Å². The van der Waals surface area contributed by atoms with Crippen molar-refractivity contribution in [1.82, 2.24) is 9.78 Å². The first-order valence-electron chi connectivity index (χ1n) is 5.79. The van der Waals surface area contributed by atoms with Crippen LogP contribution in [-0.2, 0) is 6.61 Å². The second-order valence-electron chi connectivity index (χ2n) is 4.32. The molecule has 0 fully saturated rings. The molecular weight excluding hydrogens is 294 g/mol. The molecule has 2 rings (SSSR count). The van der Waals surface area contributed by atoms with Crippen molar-refractivity contribution >= 4 is 21.7 Å². The number of ether oxygens (including phenoxy) is 1. The van der Waals surface area contributed by atoms with Crippen molar-refractivity contribution in [1.29, 1.82) is 0 Å². The van der Waals surface area contributed by atoms with Crippen molar-refractivity contribution in [3.63, 3.8) is 0 Å². The Morgan fingerprint density at radius 2 is 2.11 bits per heavy atom. The molecule has 0 bridgehead atoms. The average molecular weight is 310 g/mol. The Hall–Kier alpha value is -1.49. The number of aromatic nitrogens is 2. The Balaban J connectivity index is 2.13. The zero-order valence-electron chi connectivity index (χ0n) is 10.4. The van der Waals surface area contributed by atoms with E-state index in [1.165, 1.54) is 0 Å². The molecule has 5 heteroatoms. The summed E-state index contributed by atoms with van der Waals surface area (Å²) in [5.74, 6) is 1.34. The van der Waals surface area contributed by atoms with E-state index in [0.29, 0.717) is 12.4 Å². The van der Waals surface area contributed by atoms with Crippen LogP contribution in [0.4, 0.5) is 5.82 Å². The SMILES string of the molecule is CC(C)n1nc(N)cc1COc1ccccc1Br. The summed E-state index contributed by atoms with van der Waals surface area (Å²) in [5, 5.41) is 4.25. The van der Waals surface area contributed by atoms with Crippen molar-refractivity contribution in [2.75, 3.05) is 5.73 Å². The molecule has 0 aliphatic heterocycles. The number of nitrogen functional groups attached to an aromatic ring is 1. The highest BCUT2D eigenvalue weighted by atomic mass is 79.9. The van der Waals surface area contributed by atoms with E-state index in [1.54, 1.807) is 0 Å².